The van der Waals surface area contributed by atoms with Gasteiger partial charge in [-0.1, -0.05) is 12.1 Å². The number of benzene rings is 1. The molecular weight excluding hydrogens is 214 g/mol. The van der Waals surface area contributed by atoms with Crippen molar-refractivity contribution in [3.05, 3.63) is 23.8 Å². The van der Waals surface area contributed by atoms with Crippen molar-refractivity contribution >= 4 is 17.7 Å². The normalized spacial score (nSPS) is 12.4. The lowest BCUT2D eigenvalue weighted by Crippen LogP contribution is -2.32. The van der Waals surface area contributed by atoms with Gasteiger partial charge >= 0.3 is 5.97 Å². The fourth-order valence-corrected chi connectivity index (χ4v) is 1.98. The number of hydrogen-bond donors (Lipinski definition) is 3. The molecule has 1 aromatic rings. The van der Waals surface area contributed by atoms with Gasteiger partial charge in [0.1, 0.15) is 11.8 Å². The summed E-state index contributed by atoms with van der Waals surface area (Å²) in [5.41, 5.74) is 6.19. The van der Waals surface area contributed by atoms with E-state index in [9.17, 15) is 9.90 Å². The van der Waals surface area contributed by atoms with Crippen LogP contribution in [0, 0.1) is 0 Å². The third kappa shape index (κ3) is 2.87. The van der Waals surface area contributed by atoms with E-state index >= 15 is 0 Å². The first-order chi connectivity index (χ1) is 7.06. The Labute approximate surface area is 92.1 Å². The Morgan fingerprint density at radius 3 is 2.80 bits per heavy atom. The zero-order chi connectivity index (χ0) is 11.4. The summed E-state index contributed by atoms with van der Waals surface area (Å²) in [7, 11) is 0. The first kappa shape index (κ1) is 11.9. The number of carboxylic acid groups (broad SMARTS) is 1. The number of rotatable bonds is 4. The number of nitrogens with two attached hydrogens (primary N) is 1. The van der Waals surface area contributed by atoms with Gasteiger partial charge in [-0.25, -0.2) is 0 Å². The van der Waals surface area contributed by atoms with Crippen LogP contribution in [0.3, 0.4) is 0 Å². The predicted molar refractivity (Wildman–Crippen MR) is 59.2 cm³/mol. The van der Waals surface area contributed by atoms with E-state index in [-0.39, 0.29) is 12.2 Å². The number of aromatic hydroxyl groups is 1. The van der Waals surface area contributed by atoms with Crippen LogP contribution in [-0.4, -0.2) is 28.5 Å². The van der Waals surface area contributed by atoms with Crippen molar-refractivity contribution in [1.29, 1.82) is 0 Å². The lowest BCUT2D eigenvalue weighted by molar-refractivity contribution is -0.138. The third-order valence-electron chi connectivity index (χ3n) is 2.04. The van der Waals surface area contributed by atoms with Gasteiger partial charge in [-0.3, -0.25) is 4.79 Å². The second-order valence-corrected chi connectivity index (χ2v) is 3.93. The molecule has 0 aromatic heterocycles. The predicted octanol–water partition coefficient (Wildman–Crippen LogP) is 1.07. The smallest absolute Gasteiger partial charge is 0.320 e. The number of carboxylic acids is 1. The Balaban J connectivity index is 2.94. The molecule has 1 atom stereocenters. The molecule has 1 aromatic carbocycles. The highest BCUT2D eigenvalue weighted by Gasteiger charge is 2.15. The number of phenolic OH excluding ortho intramolecular Hbond substituents is 1. The Bertz CT molecular complexity index is 368. The largest absolute Gasteiger partial charge is 0.507 e. The molecule has 0 spiro atoms. The summed E-state index contributed by atoms with van der Waals surface area (Å²) in [5.74, 6) is -0.872. The fraction of sp³-hybridized carbons (Fsp3) is 0.300. The van der Waals surface area contributed by atoms with Crippen LogP contribution in [-0.2, 0) is 11.2 Å². The van der Waals surface area contributed by atoms with Gasteiger partial charge in [-0.05, 0) is 24.3 Å². The van der Waals surface area contributed by atoms with Gasteiger partial charge in [0.05, 0.1) is 4.90 Å². The molecule has 0 radical (unpaired) electrons. The number of hydrogen-bond acceptors (Lipinski definition) is 4. The third-order valence-corrected chi connectivity index (χ3v) is 2.92. The quantitative estimate of drug-likeness (QED) is 0.670. The number of carbonyl (C=O) groups is 1. The van der Waals surface area contributed by atoms with Crippen LogP contribution in [0.2, 0.25) is 0 Å². The Kier molecular flexibility index (Phi) is 3.99. The van der Waals surface area contributed by atoms with E-state index in [0.29, 0.717) is 4.90 Å². The summed E-state index contributed by atoms with van der Waals surface area (Å²) >= 11 is 1.38. The van der Waals surface area contributed by atoms with Crippen LogP contribution in [0.5, 0.6) is 5.75 Å². The van der Waals surface area contributed by atoms with E-state index in [2.05, 4.69) is 0 Å². The van der Waals surface area contributed by atoms with Crippen LogP contribution < -0.4 is 5.73 Å². The molecule has 82 valence electrons. The van der Waals surface area contributed by atoms with Gasteiger partial charge in [0.15, 0.2) is 0 Å². The molecule has 0 aliphatic heterocycles. The molecule has 0 bridgehead atoms. The number of thioether (sulfide) groups is 1. The van der Waals surface area contributed by atoms with Crippen molar-refractivity contribution in [3.8, 4) is 5.75 Å². The van der Waals surface area contributed by atoms with E-state index in [1.165, 1.54) is 11.8 Å². The lowest BCUT2D eigenvalue weighted by atomic mass is 10.1. The van der Waals surface area contributed by atoms with Crippen LogP contribution >= 0.6 is 11.8 Å². The summed E-state index contributed by atoms with van der Waals surface area (Å²) in [6.07, 6.45) is 2.05. The highest BCUT2D eigenvalue weighted by atomic mass is 32.2. The molecule has 0 saturated carbocycles. The van der Waals surface area contributed by atoms with E-state index in [1.54, 1.807) is 18.2 Å². The maximum Gasteiger partial charge on any atom is 0.320 e. The van der Waals surface area contributed by atoms with Crippen LogP contribution in [0.15, 0.2) is 23.1 Å². The Morgan fingerprint density at radius 1 is 1.60 bits per heavy atom. The van der Waals surface area contributed by atoms with Crippen molar-refractivity contribution < 1.29 is 15.0 Å². The van der Waals surface area contributed by atoms with Crippen molar-refractivity contribution in [2.24, 2.45) is 5.73 Å². The second-order valence-electron chi connectivity index (χ2n) is 3.12. The van der Waals surface area contributed by atoms with E-state index in [1.807, 2.05) is 6.26 Å². The molecule has 0 saturated heterocycles. The first-order valence-electron chi connectivity index (χ1n) is 4.39. The molecule has 1 unspecified atom stereocenters. The van der Waals surface area contributed by atoms with Gasteiger partial charge < -0.3 is 15.9 Å². The zero-order valence-electron chi connectivity index (χ0n) is 8.30. The van der Waals surface area contributed by atoms with Crippen LogP contribution in [0.25, 0.3) is 0 Å². The van der Waals surface area contributed by atoms with Gasteiger partial charge in [0.25, 0.3) is 0 Å². The number of phenols is 1. The molecule has 15 heavy (non-hydrogen) atoms. The van der Waals surface area contributed by atoms with Crippen molar-refractivity contribution in [3.63, 3.8) is 0 Å². The van der Waals surface area contributed by atoms with Gasteiger partial charge in [0.2, 0.25) is 0 Å². The molecule has 0 amide bonds. The Morgan fingerprint density at radius 2 is 2.27 bits per heavy atom. The number of aliphatic carboxylic acids is 1. The monoisotopic (exact) mass is 227 g/mol. The topological polar surface area (TPSA) is 83.5 Å². The minimum atomic E-state index is -1.04. The molecule has 0 fully saturated rings. The average Bonchev–Trinajstić information content (AvgIpc) is 2.18. The molecule has 5 heteroatoms. The van der Waals surface area contributed by atoms with Crippen molar-refractivity contribution in [1.82, 2.24) is 0 Å². The van der Waals surface area contributed by atoms with E-state index in [4.69, 9.17) is 10.8 Å². The second kappa shape index (κ2) is 5.04. The highest BCUT2D eigenvalue weighted by Crippen LogP contribution is 2.30. The molecule has 4 N–H and O–H groups in total. The lowest BCUT2D eigenvalue weighted by Gasteiger charge is -2.11. The molecular formula is C10H13NO3S. The highest BCUT2D eigenvalue weighted by molar-refractivity contribution is 7.98. The van der Waals surface area contributed by atoms with Gasteiger partial charge in [-0.2, -0.15) is 0 Å². The fourth-order valence-electron chi connectivity index (χ4n) is 1.29. The molecule has 0 aliphatic carbocycles. The van der Waals surface area contributed by atoms with Crippen molar-refractivity contribution in [2.45, 2.75) is 17.4 Å². The van der Waals surface area contributed by atoms with E-state index in [0.717, 1.165) is 5.56 Å². The summed E-state index contributed by atoms with van der Waals surface area (Å²) in [4.78, 5) is 11.3. The summed E-state index contributed by atoms with van der Waals surface area (Å²) in [5, 5.41) is 18.2. The molecule has 0 heterocycles. The molecule has 0 aliphatic rings. The summed E-state index contributed by atoms with van der Waals surface area (Å²) < 4.78 is 0. The minimum Gasteiger partial charge on any atom is -0.507 e. The standard InChI is InChI=1S/C10H13NO3S/c1-15-9-6(3-2-4-8(9)12)5-7(11)10(13)14/h2-4,7,12H,5,11H2,1H3,(H,13,14). The Hall–Kier alpha value is -1.20. The van der Waals surface area contributed by atoms with Crippen molar-refractivity contribution in [2.75, 3.05) is 6.26 Å². The average molecular weight is 227 g/mol. The maximum absolute atomic E-state index is 10.6. The molecule has 4 nitrogen and oxygen atoms in total. The van der Waals surface area contributed by atoms with Gasteiger partial charge in [-0.15, -0.1) is 11.8 Å². The van der Waals surface area contributed by atoms with Crippen LogP contribution in [0.1, 0.15) is 5.56 Å². The van der Waals surface area contributed by atoms with E-state index < -0.39 is 12.0 Å². The maximum atomic E-state index is 10.6. The zero-order valence-corrected chi connectivity index (χ0v) is 9.12. The van der Waals surface area contributed by atoms with Crippen LogP contribution in [0.4, 0.5) is 0 Å². The SMILES string of the molecule is CSc1c(O)cccc1CC(N)C(=O)O. The minimum absolute atomic E-state index is 0.164. The summed E-state index contributed by atoms with van der Waals surface area (Å²) in [6, 6.07) is 4.09. The summed E-state index contributed by atoms with van der Waals surface area (Å²) in [6.45, 7) is 0. The first-order valence-corrected chi connectivity index (χ1v) is 5.62. The van der Waals surface area contributed by atoms with Gasteiger partial charge in [0, 0.05) is 0 Å². The molecule has 1 rings (SSSR count).